The molecular weight excluding hydrogens is 829 g/mol. The fourth-order valence-corrected chi connectivity index (χ4v) is 7.12. The van der Waals surface area contributed by atoms with E-state index in [1.165, 1.54) is 64.2 Å². The normalized spacial score (nSPS) is 12.9. The van der Waals surface area contributed by atoms with Crippen LogP contribution >= 0.6 is 0 Å². The first-order valence-electron chi connectivity index (χ1n) is 27.4. The summed E-state index contributed by atoms with van der Waals surface area (Å²) in [6, 6.07) is 0. The minimum absolute atomic E-state index is 0.105. The minimum atomic E-state index is -0.810. The van der Waals surface area contributed by atoms with Crippen LogP contribution in [0.3, 0.4) is 0 Å². The van der Waals surface area contributed by atoms with Gasteiger partial charge in [0, 0.05) is 19.3 Å². The Hall–Kier alpha value is -3.93. The Balaban J connectivity index is 4.52. The van der Waals surface area contributed by atoms with Gasteiger partial charge in [-0.05, 0) is 128 Å². The molecule has 0 aromatic carbocycles. The van der Waals surface area contributed by atoms with Crippen LogP contribution in [0.1, 0.15) is 239 Å². The summed E-state index contributed by atoms with van der Waals surface area (Å²) in [5.74, 6) is -0.971. The molecule has 0 unspecified atom stereocenters. The Labute approximate surface area is 412 Å². The van der Waals surface area contributed by atoms with Crippen molar-refractivity contribution in [2.75, 3.05) is 13.2 Å². The molecule has 0 radical (unpaired) electrons. The van der Waals surface area contributed by atoms with Gasteiger partial charge in [0.15, 0.2) is 6.10 Å². The minimum Gasteiger partial charge on any atom is -0.462 e. The molecule has 0 saturated heterocycles. The van der Waals surface area contributed by atoms with Crippen LogP contribution in [-0.4, -0.2) is 37.2 Å². The molecule has 0 aliphatic heterocycles. The predicted octanol–water partition coefficient (Wildman–Crippen LogP) is 18.3. The van der Waals surface area contributed by atoms with Crippen molar-refractivity contribution in [1.29, 1.82) is 0 Å². The number of ether oxygens (including phenoxy) is 3. The monoisotopic (exact) mass is 929 g/mol. The molecule has 6 nitrogen and oxygen atoms in total. The first-order valence-corrected chi connectivity index (χ1v) is 27.4. The van der Waals surface area contributed by atoms with E-state index in [0.29, 0.717) is 12.8 Å². The van der Waals surface area contributed by atoms with E-state index in [9.17, 15) is 14.4 Å². The third kappa shape index (κ3) is 52.9. The van der Waals surface area contributed by atoms with Crippen molar-refractivity contribution in [2.45, 2.75) is 245 Å². The van der Waals surface area contributed by atoms with E-state index in [-0.39, 0.29) is 37.5 Å². The quantitative estimate of drug-likeness (QED) is 0.0262. The molecule has 0 aromatic rings. The first kappa shape index (κ1) is 63.1. The summed E-state index contributed by atoms with van der Waals surface area (Å²) in [6.45, 7) is 6.42. The lowest BCUT2D eigenvalue weighted by atomic mass is 10.1. The zero-order chi connectivity index (χ0) is 48.6. The molecule has 0 N–H and O–H groups in total. The van der Waals surface area contributed by atoms with Gasteiger partial charge in [-0.15, -0.1) is 0 Å². The molecular formula is C61H100O6. The van der Waals surface area contributed by atoms with Crippen molar-refractivity contribution in [3.05, 3.63) is 109 Å². The standard InChI is InChI=1S/C61H100O6/c1-4-7-10-13-16-19-22-25-27-29-30-32-34-37-40-43-46-49-52-55-61(64)67-58(56-65-59(62)53-50-47-44-41-38-35-24-21-18-15-12-9-6-3)57-66-60(63)54-51-48-45-42-39-36-33-31-28-26-23-20-17-14-11-8-5-2/h7,10,16-17,19-21,24-28,30,32-33,36-37,40,58H,4-6,8-9,11-15,18,22-23,29,31,34-35,38-39,41-57H2,1-3H3/b10-7-,19-16-,20-17-,24-21-,27-25-,28-26-,32-30-,36-33-,40-37-/t58-/m0/s1. The Bertz CT molecular complexity index is 1390. The molecule has 0 bridgehead atoms. The second kappa shape index (κ2) is 54.7. The number of esters is 3. The van der Waals surface area contributed by atoms with Crippen molar-refractivity contribution in [1.82, 2.24) is 0 Å². The van der Waals surface area contributed by atoms with Crippen LogP contribution in [0.4, 0.5) is 0 Å². The highest BCUT2D eigenvalue weighted by atomic mass is 16.6. The number of hydrogen-bond acceptors (Lipinski definition) is 6. The molecule has 0 aliphatic carbocycles. The van der Waals surface area contributed by atoms with E-state index in [0.717, 1.165) is 135 Å². The molecule has 0 spiro atoms. The SMILES string of the molecule is CC/C=C\C/C=C\C/C=C\C/C=C\C/C=C\CCCCCC(=O)O[C@H](COC(=O)CCCCCC/C=C\C/C=C\C/C=C\CCCCC)COC(=O)CCCCCCC/C=C\CCCCCC. The zero-order valence-electron chi connectivity index (χ0n) is 43.4. The van der Waals surface area contributed by atoms with Gasteiger partial charge in [0.1, 0.15) is 13.2 Å². The second-order valence-corrected chi connectivity index (χ2v) is 17.7. The topological polar surface area (TPSA) is 78.9 Å². The smallest absolute Gasteiger partial charge is 0.306 e. The van der Waals surface area contributed by atoms with Gasteiger partial charge in [-0.25, -0.2) is 0 Å². The maximum atomic E-state index is 12.8. The molecule has 0 aromatic heterocycles. The number of allylic oxidation sites excluding steroid dienone is 18. The van der Waals surface area contributed by atoms with Crippen molar-refractivity contribution in [3.63, 3.8) is 0 Å². The highest BCUT2D eigenvalue weighted by molar-refractivity contribution is 5.71. The lowest BCUT2D eigenvalue weighted by molar-refractivity contribution is -0.167. The van der Waals surface area contributed by atoms with E-state index in [2.05, 4.69) is 130 Å². The largest absolute Gasteiger partial charge is 0.462 e. The van der Waals surface area contributed by atoms with Crippen LogP contribution in [0.25, 0.3) is 0 Å². The summed E-state index contributed by atoms with van der Waals surface area (Å²) in [6.07, 6.45) is 73.5. The summed E-state index contributed by atoms with van der Waals surface area (Å²) in [5, 5.41) is 0. The van der Waals surface area contributed by atoms with Crippen LogP contribution in [0.2, 0.25) is 0 Å². The molecule has 67 heavy (non-hydrogen) atoms. The first-order chi connectivity index (χ1) is 33.0. The number of hydrogen-bond donors (Lipinski definition) is 0. The van der Waals surface area contributed by atoms with Crippen LogP contribution < -0.4 is 0 Å². The molecule has 0 saturated carbocycles. The molecule has 0 amide bonds. The van der Waals surface area contributed by atoms with Gasteiger partial charge in [-0.3, -0.25) is 14.4 Å². The van der Waals surface area contributed by atoms with E-state index in [4.69, 9.17) is 14.2 Å². The van der Waals surface area contributed by atoms with Gasteiger partial charge in [0.25, 0.3) is 0 Å². The average molecular weight is 929 g/mol. The van der Waals surface area contributed by atoms with E-state index < -0.39 is 6.10 Å². The summed E-state index contributed by atoms with van der Waals surface area (Å²) in [4.78, 5) is 38.1. The van der Waals surface area contributed by atoms with Gasteiger partial charge in [0.05, 0.1) is 0 Å². The summed E-state index contributed by atoms with van der Waals surface area (Å²) >= 11 is 0. The summed E-state index contributed by atoms with van der Waals surface area (Å²) < 4.78 is 16.8. The number of unbranched alkanes of at least 4 members (excludes halogenated alkanes) is 19. The highest BCUT2D eigenvalue weighted by Gasteiger charge is 2.19. The molecule has 0 rings (SSSR count). The molecule has 1 atom stereocenters. The number of carbonyl (C=O) groups is 3. The van der Waals surface area contributed by atoms with E-state index >= 15 is 0 Å². The molecule has 380 valence electrons. The van der Waals surface area contributed by atoms with Crippen LogP contribution in [0.5, 0.6) is 0 Å². The Morgan fingerprint density at radius 3 is 0.970 bits per heavy atom. The maximum absolute atomic E-state index is 12.8. The molecule has 0 fully saturated rings. The van der Waals surface area contributed by atoms with E-state index in [1.54, 1.807) is 0 Å². The Morgan fingerprint density at radius 1 is 0.313 bits per heavy atom. The maximum Gasteiger partial charge on any atom is 0.306 e. The lowest BCUT2D eigenvalue weighted by Crippen LogP contribution is -2.30. The molecule has 0 aliphatic rings. The van der Waals surface area contributed by atoms with Gasteiger partial charge < -0.3 is 14.2 Å². The van der Waals surface area contributed by atoms with Crippen molar-refractivity contribution >= 4 is 17.9 Å². The van der Waals surface area contributed by atoms with Gasteiger partial charge in [0.2, 0.25) is 0 Å². The highest BCUT2D eigenvalue weighted by Crippen LogP contribution is 2.13. The van der Waals surface area contributed by atoms with Gasteiger partial charge in [-0.2, -0.15) is 0 Å². The van der Waals surface area contributed by atoms with Crippen molar-refractivity contribution in [3.8, 4) is 0 Å². The van der Waals surface area contributed by atoms with Crippen molar-refractivity contribution < 1.29 is 28.6 Å². The van der Waals surface area contributed by atoms with Crippen LogP contribution in [0.15, 0.2) is 109 Å². The zero-order valence-corrected chi connectivity index (χ0v) is 43.4. The van der Waals surface area contributed by atoms with E-state index in [1.807, 2.05) is 0 Å². The Morgan fingerprint density at radius 2 is 0.582 bits per heavy atom. The second-order valence-electron chi connectivity index (χ2n) is 17.7. The Kier molecular flexibility index (Phi) is 51.5. The molecule has 0 heterocycles. The lowest BCUT2D eigenvalue weighted by Gasteiger charge is -2.18. The predicted molar refractivity (Wildman–Crippen MR) is 288 cm³/mol. The van der Waals surface area contributed by atoms with Gasteiger partial charge in [-0.1, -0.05) is 201 Å². The van der Waals surface area contributed by atoms with Gasteiger partial charge >= 0.3 is 17.9 Å². The number of rotatable bonds is 48. The summed E-state index contributed by atoms with van der Waals surface area (Å²) in [7, 11) is 0. The average Bonchev–Trinajstić information content (AvgIpc) is 3.33. The number of carbonyl (C=O) groups excluding carboxylic acids is 3. The summed E-state index contributed by atoms with van der Waals surface area (Å²) in [5.41, 5.74) is 0. The van der Waals surface area contributed by atoms with Crippen LogP contribution in [0, 0.1) is 0 Å². The fourth-order valence-electron chi connectivity index (χ4n) is 7.12. The van der Waals surface area contributed by atoms with Crippen molar-refractivity contribution in [2.24, 2.45) is 0 Å². The third-order valence-electron chi connectivity index (χ3n) is 11.2. The molecule has 6 heteroatoms. The third-order valence-corrected chi connectivity index (χ3v) is 11.2. The fraction of sp³-hybridized carbons (Fsp3) is 0.656. The van der Waals surface area contributed by atoms with Crippen LogP contribution in [-0.2, 0) is 28.6 Å².